The maximum Gasteiger partial charge on any atom is 0.0771 e. The summed E-state index contributed by atoms with van der Waals surface area (Å²) in [6, 6.07) is 8.89. The molecule has 2 N–H and O–H groups in total. The Kier molecular flexibility index (Phi) is 5.66. The fraction of sp³-hybridized carbons (Fsp3) is 0.625. The van der Waals surface area contributed by atoms with Crippen molar-refractivity contribution in [3.63, 3.8) is 0 Å². The van der Waals surface area contributed by atoms with Crippen LogP contribution in [0.5, 0.6) is 0 Å². The second-order valence-electron chi connectivity index (χ2n) is 5.79. The van der Waals surface area contributed by atoms with E-state index in [1.807, 2.05) is 0 Å². The average Bonchev–Trinajstić information content (AvgIpc) is 2.62. The fourth-order valence-electron chi connectivity index (χ4n) is 2.78. The molecule has 1 atom stereocenters. The van der Waals surface area contributed by atoms with Crippen molar-refractivity contribution in [2.45, 2.75) is 57.1 Å². The van der Waals surface area contributed by atoms with Gasteiger partial charge in [-0.1, -0.05) is 37.8 Å². The molecule has 1 aromatic rings. The lowest BCUT2D eigenvalue weighted by Crippen LogP contribution is -2.41. The van der Waals surface area contributed by atoms with E-state index < -0.39 is 5.60 Å². The Balaban J connectivity index is 1.88. The summed E-state index contributed by atoms with van der Waals surface area (Å²) in [5.41, 5.74) is 0.797. The summed E-state index contributed by atoms with van der Waals surface area (Å²) in [7, 11) is 0. The van der Waals surface area contributed by atoms with Crippen LogP contribution in [0.3, 0.4) is 0 Å². The lowest BCUT2D eigenvalue weighted by Gasteiger charge is -2.29. The number of rotatable bonds is 4. The maximum absolute atomic E-state index is 10.6. The van der Waals surface area contributed by atoms with E-state index in [2.05, 4.69) is 59.1 Å². The predicted octanol–water partition coefficient (Wildman–Crippen LogP) is 4.03. The lowest BCUT2D eigenvalue weighted by atomic mass is 9.94. The van der Waals surface area contributed by atoms with E-state index in [0.717, 1.165) is 25.7 Å². The molecule has 1 aliphatic rings. The molecular formula is C16H24INO. The van der Waals surface area contributed by atoms with Gasteiger partial charge in [-0.15, -0.1) is 0 Å². The Morgan fingerprint density at radius 2 is 1.74 bits per heavy atom. The van der Waals surface area contributed by atoms with E-state index in [4.69, 9.17) is 0 Å². The van der Waals surface area contributed by atoms with Crippen LogP contribution in [0.4, 0.5) is 0 Å². The van der Waals surface area contributed by atoms with Crippen LogP contribution < -0.4 is 5.32 Å². The van der Waals surface area contributed by atoms with Crippen LogP contribution in [0.1, 0.15) is 57.1 Å². The lowest BCUT2D eigenvalue weighted by molar-refractivity contribution is 0.0231. The molecule has 106 valence electrons. The van der Waals surface area contributed by atoms with Crippen LogP contribution >= 0.6 is 22.6 Å². The van der Waals surface area contributed by atoms with Crippen LogP contribution in [0.25, 0.3) is 0 Å². The Hall–Kier alpha value is -0.130. The number of halogens is 1. The van der Waals surface area contributed by atoms with Gasteiger partial charge in [0, 0.05) is 16.2 Å². The summed E-state index contributed by atoms with van der Waals surface area (Å²) in [4.78, 5) is 0. The zero-order valence-electron chi connectivity index (χ0n) is 11.7. The highest BCUT2D eigenvalue weighted by molar-refractivity contribution is 14.1. The van der Waals surface area contributed by atoms with E-state index >= 15 is 0 Å². The molecule has 2 rings (SSSR count). The van der Waals surface area contributed by atoms with E-state index in [0.29, 0.717) is 12.6 Å². The monoisotopic (exact) mass is 373 g/mol. The van der Waals surface area contributed by atoms with Gasteiger partial charge in [0.05, 0.1) is 5.60 Å². The van der Waals surface area contributed by atoms with Crippen LogP contribution in [-0.4, -0.2) is 17.3 Å². The molecular weight excluding hydrogens is 349 g/mol. The molecule has 1 aliphatic carbocycles. The average molecular weight is 373 g/mol. The third kappa shape index (κ3) is 4.72. The summed E-state index contributed by atoms with van der Waals surface area (Å²) in [5, 5.41) is 14.1. The summed E-state index contributed by atoms with van der Waals surface area (Å²) in [6.07, 6.45) is 6.76. The molecule has 1 fully saturated rings. The van der Waals surface area contributed by atoms with Gasteiger partial charge >= 0.3 is 0 Å². The Morgan fingerprint density at radius 1 is 1.16 bits per heavy atom. The second kappa shape index (κ2) is 7.04. The van der Waals surface area contributed by atoms with Crippen molar-refractivity contribution < 1.29 is 5.11 Å². The molecule has 1 aromatic carbocycles. The molecule has 2 nitrogen and oxygen atoms in total. The maximum atomic E-state index is 10.6. The van der Waals surface area contributed by atoms with E-state index in [1.165, 1.54) is 22.0 Å². The fourth-order valence-corrected chi connectivity index (χ4v) is 3.14. The first kappa shape index (κ1) is 15.3. The van der Waals surface area contributed by atoms with Crippen LogP contribution in [-0.2, 0) is 0 Å². The first-order valence-corrected chi connectivity index (χ1v) is 8.38. The number of nitrogens with one attached hydrogen (secondary N) is 1. The van der Waals surface area contributed by atoms with Gasteiger partial charge in [0.2, 0.25) is 0 Å². The number of hydrogen-bond donors (Lipinski definition) is 2. The quantitative estimate of drug-likeness (QED) is 0.617. The van der Waals surface area contributed by atoms with E-state index in [-0.39, 0.29) is 0 Å². The third-order valence-electron chi connectivity index (χ3n) is 4.14. The Morgan fingerprint density at radius 3 is 2.32 bits per heavy atom. The molecule has 0 aliphatic heterocycles. The molecule has 19 heavy (non-hydrogen) atoms. The van der Waals surface area contributed by atoms with Gasteiger partial charge in [0.15, 0.2) is 0 Å². The Bertz CT molecular complexity index is 382. The molecule has 0 heterocycles. The molecule has 0 bridgehead atoms. The second-order valence-corrected chi connectivity index (χ2v) is 7.04. The third-order valence-corrected chi connectivity index (χ3v) is 4.86. The zero-order valence-corrected chi connectivity index (χ0v) is 13.8. The molecule has 0 spiro atoms. The smallest absolute Gasteiger partial charge is 0.0771 e. The molecule has 0 radical (unpaired) electrons. The topological polar surface area (TPSA) is 32.3 Å². The van der Waals surface area contributed by atoms with Crippen molar-refractivity contribution in [1.82, 2.24) is 5.32 Å². The summed E-state index contributed by atoms with van der Waals surface area (Å²) >= 11 is 2.32. The predicted molar refractivity (Wildman–Crippen MR) is 88.2 cm³/mol. The van der Waals surface area contributed by atoms with Crippen molar-refractivity contribution in [2.75, 3.05) is 6.54 Å². The van der Waals surface area contributed by atoms with Crippen molar-refractivity contribution in [2.24, 2.45) is 0 Å². The van der Waals surface area contributed by atoms with Gasteiger partial charge in [-0.3, -0.25) is 0 Å². The number of benzene rings is 1. The standard InChI is InChI=1S/C16H24INO/c1-13(14-6-8-15(17)9-7-14)18-12-16(19)10-4-2-3-5-11-16/h6-9,13,18-19H,2-5,10-12H2,1H3. The van der Waals surface area contributed by atoms with Crippen LogP contribution in [0.2, 0.25) is 0 Å². The SMILES string of the molecule is CC(NCC1(O)CCCCCC1)c1ccc(I)cc1. The van der Waals surface area contributed by atoms with Gasteiger partial charge in [-0.2, -0.15) is 0 Å². The van der Waals surface area contributed by atoms with E-state index in [1.54, 1.807) is 0 Å². The zero-order chi connectivity index (χ0) is 13.7. The normalized spacial score (nSPS) is 20.8. The largest absolute Gasteiger partial charge is 0.389 e. The highest BCUT2D eigenvalue weighted by Crippen LogP contribution is 2.27. The van der Waals surface area contributed by atoms with Crippen molar-refractivity contribution >= 4 is 22.6 Å². The van der Waals surface area contributed by atoms with Crippen molar-refractivity contribution in [3.8, 4) is 0 Å². The Labute approximate surface area is 130 Å². The van der Waals surface area contributed by atoms with Gasteiger partial charge in [0.25, 0.3) is 0 Å². The number of aliphatic hydroxyl groups is 1. The minimum atomic E-state index is -0.492. The summed E-state index contributed by atoms with van der Waals surface area (Å²) < 4.78 is 1.26. The van der Waals surface area contributed by atoms with Crippen molar-refractivity contribution in [3.05, 3.63) is 33.4 Å². The van der Waals surface area contributed by atoms with E-state index in [9.17, 15) is 5.11 Å². The minimum Gasteiger partial charge on any atom is -0.389 e. The van der Waals surface area contributed by atoms with Gasteiger partial charge in [-0.05, 0) is 60.1 Å². The molecule has 1 unspecified atom stereocenters. The number of hydrogen-bond acceptors (Lipinski definition) is 2. The summed E-state index contributed by atoms with van der Waals surface area (Å²) in [6.45, 7) is 2.88. The minimum absolute atomic E-state index is 0.296. The van der Waals surface area contributed by atoms with Gasteiger partial charge in [-0.25, -0.2) is 0 Å². The highest BCUT2D eigenvalue weighted by atomic mass is 127. The van der Waals surface area contributed by atoms with Crippen LogP contribution in [0.15, 0.2) is 24.3 Å². The summed E-state index contributed by atoms with van der Waals surface area (Å²) in [5.74, 6) is 0. The molecule has 0 amide bonds. The van der Waals surface area contributed by atoms with Gasteiger partial charge < -0.3 is 10.4 Å². The molecule has 0 aromatic heterocycles. The van der Waals surface area contributed by atoms with Crippen LogP contribution in [0, 0.1) is 3.57 Å². The first-order valence-electron chi connectivity index (χ1n) is 7.30. The molecule has 1 saturated carbocycles. The molecule has 0 saturated heterocycles. The van der Waals surface area contributed by atoms with Gasteiger partial charge in [0.1, 0.15) is 0 Å². The van der Waals surface area contributed by atoms with Crippen molar-refractivity contribution in [1.29, 1.82) is 0 Å². The highest BCUT2D eigenvalue weighted by Gasteiger charge is 2.28. The molecule has 3 heteroatoms. The first-order chi connectivity index (χ1) is 9.09.